The van der Waals surface area contributed by atoms with Crippen LogP contribution >= 0.6 is 0 Å². The lowest BCUT2D eigenvalue weighted by Gasteiger charge is -2.34. The molecule has 44 valence electrons. The minimum Gasteiger partial charge on any atom is -0.481 e. The van der Waals surface area contributed by atoms with Crippen molar-refractivity contribution in [1.29, 1.82) is 0 Å². The van der Waals surface area contributed by atoms with E-state index in [0.717, 1.165) is 0 Å². The summed E-state index contributed by atoms with van der Waals surface area (Å²) in [6.45, 7) is 6.75. The Morgan fingerprint density at radius 2 is 1.14 bits per heavy atom. The molecule has 0 aromatic heterocycles. The van der Waals surface area contributed by atoms with Gasteiger partial charge in [0.15, 0.2) is 0 Å². The molecular weight excluding hydrogens is 84.9 g/mol. The molecule has 0 unspecified atom stereocenters. The summed E-state index contributed by atoms with van der Waals surface area (Å²) in [5.41, 5.74) is 0. The van der Waals surface area contributed by atoms with Gasteiger partial charge in [0.1, 0.15) is 0 Å². The minimum atomic E-state index is -0.222. The lowest BCUT2D eigenvalue weighted by molar-refractivity contribution is 0.627. The molecule has 0 aliphatic carbocycles. The molecule has 0 bridgehead atoms. The van der Waals surface area contributed by atoms with Crippen LogP contribution in [0.15, 0.2) is 0 Å². The molecule has 0 fully saturated rings. The average Bonchev–Trinajstić information content (AvgIpc) is 1.31. The predicted molar refractivity (Wildman–Crippen MR) is 37.0 cm³/mol. The molecular formula is C5H15BN-. The number of hydrogen-bond acceptors (Lipinski definition) is 1. The highest BCUT2D eigenvalue weighted by molar-refractivity contribution is 6.73. The zero-order chi connectivity index (χ0) is 6.08. The summed E-state index contributed by atoms with van der Waals surface area (Å²) in [7, 11) is 4.22. The van der Waals surface area contributed by atoms with Crippen molar-refractivity contribution in [2.45, 2.75) is 20.5 Å². The van der Waals surface area contributed by atoms with Gasteiger partial charge in [0.25, 0.3) is 0 Å². The van der Waals surface area contributed by atoms with E-state index in [1.54, 1.807) is 0 Å². The molecule has 7 heavy (non-hydrogen) atoms. The van der Waals surface area contributed by atoms with Crippen LogP contribution in [0.4, 0.5) is 0 Å². The molecule has 0 aliphatic heterocycles. The zero-order valence-electron chi connectivity index (χ0n) is 6.02. The van der Waals surface area contributed by atoms with Crippen LogP contribution in [0.25, 0.3) is 0 Å². The maximum Gasteiger partial charge on any atom is 0.0530 e. The molecule has 0 atom stereocenters. The van der Waals surface area contributed by atoms with Crippen LogP contribution in [0.1, 0.15) is 0 Å². The van der Waals surface area contributed by atoms with E-state index < -0.39 is 0 Å². The van der Waals surface area contributed by atoms with E-state index >= 15 is 0 Å². The van der Waals surface area contributed by atoms with Crippen molar-refractivity contribution < 1.29 is 0 Å². The largest absolute Gasteiger partial charge is 0.481 e. The lowest BCUT2D eigenvalue weighted by atomic mass is 9.40. The second-order valence-electron chi connectivity index (χ2n) is 3.47. The third kappa shape index (κ3) is 2.69. The fraction of sp³-hybridized carbons (Fsp3) is 1.00. The molecule has 2 heteroatoms. The van der Waals surface area contributed by atoms with E-state index in [-0.39, 0.29) is 6.28 Å². The number of nitrogens with zero attached hydrogens (tertiary/aromatic N) is 1. The van der Waals surface area contributed by atoms with Gasteiger partial charge >= 0.3 is 0 Å². The van der Waals surface area contributed by atoms with Gasteiger partial charge in [-0.1, -0.05) is 14.1 Å². The Morgan fingerprint density at radius 1 is 1.00 bits per heavy atom. The summed E-state index contributed by atoms with van der Waals surface area (Å²) >= 11 is 0. The van der Waals surface area contributed by atoms with Gasteiger partial charge in [-0.25, -0.2) is 0 Å². The van der Waals surface area contributed by atoms with Crippen LogP contribution in [0.2, 0.25) is 20.5 Å². The number of hydrogen-bond donors (Lipinski definition) is 0. The molecule has 0 spiro atoms. The highest BCUT2D eigenvalue weighted by atomic mass is 15.0. The molecule has 0 aromatic carbocycles. The first-order valence-corrected chi connectivity index (χ1v) is 2.88. The van der Waals surface area contributed by atoms with E-state index in [1.165, 1.54) is 0 Å². The molecule has 0 amide bonds. The van der Waals surface area contributed by atoms with Crippen molar-refractivity contribution in [3.05, 3.63) is 0 Å². The Balaban J connectivity index is 3.54. The molecule has 0 rings (SSSR count). The highest BCUT2D eigenvalue weighted by Gasteiger charge is 2.05. The van der Waals surface area contributed by atoms with E-state index in [4.69, 9.17) is 0 Å². The third-order valence-electron chi connectivity index (χ3n) is 1.55. The van der Waals surface area contributed by atoms with Gasteiger partial charge in [0, 0.05) is 0 Å². The molecule has 0 saturated carbocycles. The molecule has 0 heterocycles. The second kappa shape index (κ2) is 1.87. The van der Waals surface area contributed by atoms with Crippen LogP contribution < -0.4 is 0 Å². The van der Waals surface area contributed by atoms with Gasteiger partial charge in [-0.15, -0.1) is 0 Å². The fourth-order valence-corrected chi connectivity index (χ4v) is 0. The minimum absolute atomic E-state index is 0.222. The van der Waals surface area contributed by atoms with Gasteiger partial charge in [-0.05, 0) is 0 Å². The summed E-state index contributed by atoms with van der Waals surface area (Å²) < 4.78 is 0. The topological polar surface area (TPSA) is 3.24 Å². The predicted octanol–water partition coefficient (Wildman–Crippen LogP) is 1.38. The Morgan fingerprint density at radius 3 is 1.14 bits per heavy atom. The highest BCUT2D eigenvalue weighted by Crippen LogP contribution is 2.01. The van der Waals surface area contributed by atoms with Gasteiger partial charge in [0.2, 0.25) is 0 Å². The third-order valence-corrected chi connectivity index (χ3v) is 1.55. The Hall–Kier alpha value is 0.0249. The second-order valence-corrected chi connectivity index (χ2v) is 3.47. The molecule has 0 N–H and O–H groups in total. The van der Waals surface area contributed by atoms with Crippen LogP contribution in [0, 0.1) is 0 Å². The summed E-state index contributed by atoms with van der Waals surface area (Å²) in [6.07, 6.45) is -0.222. The summed E-state index contributed by atoms with van der Waals surface area (Å²) in [5, 5.41) is 0. The first kappa shape index (κ1) is 7.02. The van der Waals surface area contributed by atoms with Gasteiger partial charge in [-0.3, -0.25) is 0 Å². The molecule has 0 aliphatic rings. The first-order chi connectivity index (χ1) is 2.94. The van der Waals surface area contributed by atoms with Crippen molar-refractivity contribution in [2.24, 2.45) is 0 Å². The molecule has 0 radical (unpaired) electrons. The van der Waals surface area contributed by atoms with Crippen molar-refractivity contribution in [3.8, 4) is 0 Å². The lowest BCUT2D eigenvalue weighted by Crippen LogP contribution is -2.39. The molecule has 0 aromatic rings. The summed E-state index contributed by atoms with van der Waals surface area (Å²) in [5.74, 6) is 0. The summed E-state index contributed by atoms with van der Waals surface area (Å²) in [4.78, 5) is 2.25. The maximum absolute atomic E-state index is 2.25. The maximum atomic E-state index is 2.25. The van der Waals surface area contributed by atoms with Crippen molar-refractivity contribution in [2.75, 3.05) is 14.1 Å². The quantitative estimate of drug-likeness (QED) is 0.450. The molecule has 1 nitrogen and oxygen atoms in total. The Labute approximate surface area is 46.6 Å². The monoisotopic (exact) mass is 100 g/mol. The van der Waals surface area contributed by atoms with Crippen molar-refractivity contribution in [3.63, 3.8) is 0 Å². The smallest absolute Gasteiger partial charge is 0.0530 e. The zero-order valence-corrected chi connectivity index (χ0v) is 6.02. The Kier molecular flexibility index (Phi) is 1.87. The fourth-order valence-electron chi connectivity index (χ4n) is 0. The van der Waals surface area contributed by atoms with E-state index in [2.05, 4.69) is 39.4 Å². The van der Waals surface area contributed by atoms with Crippen LogP contribution in [-0.4, -0.2) is 25.2 Å². The molecule has 0 saturated heterocycles. The van der Waals surface area contributed by atoms with Gasteiger partial charge in [-0.2, -0.15) is 20.5 Å². The number of rotatable bonds is 1. The van der Waals surface area contributed by atoms with Crippen molar-refractivity contribution in [1.82, 2.24) is 4.81 Å². The van der Waals surface area contributed by atoms with E-state index in [1.807, 2.05) is 0 Å². The van der Waals surface area contributed by atoms with Crippen LogP contribution in [-0.2, 0) is 0 Å². The Bertz CT molecular complexity index is 53.6. The SMILES string of the molecule is CN(C)[B-](C)(C)C. The standard InChI is InChI=1S/C5H15BN/c1-6(2,3)7(4)5/h1-5H3/q-1. The van der Waals surface area contributed by atoms with Gasteiger partial charge in [0.05, 0.1) is 6.28 Å². The average molecular weight is 100.0 g/mol. The van der Waals surface area contributed by atoms with Crippen LogP contribution in [0.5, 0.6) is 0 Å². The normalized spacial score (nSPS) is 12.9. The van der Waals surface area contributed by atoms with Crippen molar-refractivity contribution >= 4 is 6.28 Å². The van der Waals surface area contributed by atoms with Crippen LogP contribution in [0.3, 0.4) is 0 Å². The van der Waals surface area contributed by atoms with E-state index in [9.17, 15) is 0 Å². The van der Waals surface area contributed by atoms with E-state index in [0.29, 0.717) is 0 Å². The first-order valence-electron chi connectivity index (χ1n) is 2.88. The summed E-state index contributed by atoms with van der Waals surface area (Å²) in [6, 6.07) is 0. The van der Waals surface area contributed by atoms with Gasteiger partial charge < -0.3 is 4.81 Å².